The highest BCUT2D eigenvalue weighted by molar-refractivity contribution is 5.88. The van der Waals surface area contributed by atoms with Crippen molar-refractivity contribution in [1.82, 2.24) is 29.1 Å². The molecule has 0 amide bonds. The van der Waals surface area contributed by atoms with E-state index in [-0.39, 0.29) is 6.61 Å². The minimum atomic E-state index is -1.08. The minimum absolute atomic E-state index is 0.0533. The van der Waals surface area contributed by atoms with Gasteiger partial charge in [0, 0.05) is 29.6 Å². The van der Waals surface area contributed by atoms with Crippen molar-refractivity contribution in [2.75, 3.05) is 6.61 Å². The first kappa shape index (κ1) is 16.2. The van der Waals surface area contributed by atoms with E-state index in [9.17, 15) is 4.39 Å². The number of nitrogens with zero attached hydrogens (tertiary/aromatic N) is 6. The van der Waals surface area contributed by atoms with E-state index >= 15 is 0 Å². The zero-order valence-electron chi connectivity index (χ0n) is 15.1. The van der Waals surface area contributed by atoms with E-state index in [4.69, 9.17) is 4.74 Å². The molecule has 0 N–H and O–H groups in total. The van der Waals surface area contributed by atoms with E-state index in [1.807, 2.05) is 19.2 Å². The normalized spacial score (nSPS) is 15.5. The number of aryl methyl sites for hydroxylation is 1. The van der Waals surface area contributed by atoms with Gasteiger partial charge in [0.05, 0.1) is 5.52 Å². The predicted molar refractivity (Wildman–Crippen MR) is 98.6 cm³/mol. The van der Waals surface area contributed by atoms with Crippen molar-refractivity contribution >= 4 is 16.7 Å². The van der Waals surface area contributed by atoms with Gasteiger partial charge in [-0.15, -0.1) is 0 Å². The van der Waals surface area contributed by atoms with Crippen molar-refractivity contribution < 1.29 is 9.13 Å². The molecule has 0 spiro atoms. The zero-order chi connectivity index (χ0) is 18.5. The summed E-state index contributed by atoms with van der Waals surface area (Å²) < 4.78 is 22.8. The Morgan fingerprint density at radius 2 is 2.19 bits per heavy atom. The molecule has 8 heteroatoms. The van der Waals surface area contributed by atoms with Gasteiger partial charge < -0.3 is 9.30 Å². The van der Waals surface area contributed by atoms with Crippen molar-refractivity contribution in [1.29, 1.82) is 0 Å². The van der Waals surface area contributed by atoms with Gasteiger partial charge in [-0.2, -0.15) is 10.1 Å². The Balaban J connectivity index is 1.66. The molecule has 4 aromatic heterocycles. The van der Waals surface area contributed by atoms with Crippen LogP contribution < -0.4 is 4.74 Å². The number of imidazole rings is 1. The Bertz CT molecular complexity index is 1140. The van der Waals surface area contributed by atoms with Crippen LogP contribution in [0.1, 0.15) is 31.6 Å². The molecular weight excluding hydrogens is 347 g/mol. The lowest BCUT2D eigenvalue weighted by Crippen LogP contribution is -2.10. The number of fused-ring (bicyclic) bond motifs is 2. The first-order valence-electron chi connectivity index (χ1n) is 9.06. The summed E-state index contributed by atoms with van der Waals surface area (Å²) in [6.45, 7) is 3.42. The molecule has 1 atom stereocenters. The first-order chi connectivity index (χ1) is 13.1. The van der Waals surface area contributed by atoms with Gasteiger partial charge in [-0.3, -0.25) is 0 Å². The van der Waals surface area contributed by atoms with Crippen LogP contribution in [0.4, 0.5) is 4.39 Å². The summed E-state index contributed by atoms with van der Waals surface area (Å²) in [7, 11) is 0. The number of rotatable bonds is 5. The van der Waals surface area contributed by atoms with Gasteiger partial charge in [-0.05, 0) is 38.8 Å². The molecule has 0 saturated heterocycles. The minimum Gasteiger partial charge on any atom is -0.473 e. The highest BCUT2D eigenvalue weighted by atomic mass is 19.1. The molecule has 1 aliphatic rings. The maximum absolute atomic E-state index is 13.2. The monoisotopic (exact) mass is 366 g/mol. The summed E-state index contributed by atoms with van der Waals surface area (Å²) in [6, 6.07) is 4.57. The molecule has 1 aliphatic carbocycles. The second-order valence-corrected chi connectivity index (χ2v) is 7.01. The Kier molecular flexibility index (Phi) is 3.60. The van der Waals surface area contributed by atoms with Crippen LogP contribution in [-0.4, -0.2) is 41.9 Å². The fourth-order valence-electron chi connectivity index (χ4n) is 3.49. The van der Waals surface area contributed by atoms with Crippen LogP contribution in [-0.2, 0) is 0 Å². The fraction of sp³-hybridized carbons (Fsp3) is 0.368. The molecule has 0 radical (unpaired) electrons. The Morgan fingerprint density at radius 1 is 1.33 bits per heavy atom. The average molecular weight is 366 g/mol. The number of alkyl halides is 1. The zero-order valence-corrected chi connectivity index (χ0v) is 15.1. The van der Waals surface area contributed by atoms with Crippen molar-refractivity contribution in [3.8, 4) is 17.0 Å². The van der Waals surface area contributed by atoms with Crippen LogP contribution in [0.15, 0.2) is 30.9 Å². The lowest BCUT2D eigenvalue weighted by molar-refractivity contribution is 0.205. The third-order valence-electron chi connectivity index (χ3n) is 4.82. The maximum atomic E-state index is 13.2. The van der Waals surface area contributed by atoms with E-state index in [0.29, 0.717) is 17.4 Å². The van der Waals surface area contributed by atoms with Gasteiger partial charge in [-0.25, -0.2) is 18.9 Å². The molecule has 4 aromatic rings. The molecule has 4 heterocycles. The molecular formula is C19H19FN6O. The summed E-state index contributed by atoms with van der Waals surface area (Å²) in [4.78, 5) is 13.3. The lowest BCUT2D eigenvalue weighted by Gasteiger charge is -2.09. The molecule has 1 unspecified atom stereocenters. The van der Waals surface area contributed by atoms with Crippen LogP contribution in [0, 0.1) is 6.92 Å². The van der Waals surface area contributed by atoms with Gasteiger partial charge in [0.25, 0.3) is 0 Å². The molecule has 1 fully saturated rings. The molecule has 138 valence electrons. The number of halogens is 1. The number of pyridine rings is 1. The summed E-state index contributed by atoms with van der Waals surface area (Å²) in [5, 5.41) is 4.23. The van der Waals surface area contributed by atoms with E-state index in [1.165, 1.54) is 26.1 Å². The highest BCUT2D eigenvalue weighted by Crippen LogP contribution is 2.39. The topological polar surface area (TPSA) is 70.1 Å². The second kappa shape index (κ2) is 6.00. The van der Waals surface area contributed by atoms with Crippen LogP contribution >= 0.6 is 0 Å². The summed E-state index contributed by atoms with van der Waals surface area (Å²) in [6.07, 6.45) is 6.33. The second-order valence-electron chi connectivity index (χ2n) is 7.01. The first-order valence-corrected chi connectivity index (χ1v) is 9.06. The third-order valence-corrected chi connectivity index (χ3v) is 4.82. The molecule has 1 saturated carbocycles. The summed E-state index contributed by atoms with van der Waals surface area (Å²) in [5.41, 5.74) is 4.31. The third kappa shape index (κ3) is 2.72. The number of hydrogen-bond acceptors (Lipinski definition) is 5. The summed E-state index contributed by atoms with van der Waals surface area (Å²) >= 11 is 0. The Morgan fingerprint density at radius 3 is 2.96 bits per heavy atom. The van der Waals surface area contributed by atoms with E-state index < -0.39 is 6.17 Å². The van der Waals surface area contributed by atoms with Crippen molar-refractivity contribution in [3.63, 3.8) is 0 Å². The predicted octanol–water partition coefficient (Wildman–Crippen LogP) is 3.52. The van der Waals surface area contributed by atoms with Gasteiger partial charge in [0.1, 0.15) is 30.4 Å². The molecule has 5 rings (SSSR count). The van der Waals surface area contributed by atoms with Crippen LogP contribution in [0.25, 0.3) is 27.8 Å². The average Bonchev–Trinajstić information content (AvgIpc) is 3.29. The fourth-order valence-corrected chi connectivity index (χ4v) is 3.49. The largest absolute Gasteiger partial charge is 0.473 e. The lowest BCUT2D eigenvalue weighted by atomic mass is 10.1. The van der Waals surface area contributed by atoms with Crippen LogP contribution in [0.3, 0.4) is 0 Å². The smallest absolute Gasteiger partial charge is 0.242 e. The molecule has 0 aliphatic heterocycles. The number of aromatic nitrogens is 6. The molecule has 7 nitrogen and oxygen atoms in total. The van der Waals surface area contributed by atoms with Crippen molar-refractivity contribution in [3.05, 3.63) is 36.7 Å². The van der Waals surface area contributed by atoms with Crippen molar-refractivity contribution in [2.45, 2.75) is 38.9 Å². The molecule has 0 bridgehead atoms. The quantitative estimate of drug-likeness (QED) is 0.540. The SMILES string of the molecule is Cc1nc2ncc(-c3ccn4ncnc(OCC(C)F)c34)cc2n1C1CC1. The van der Waals surface area contributed by atoms with Crippen LogP contribution in [0.5, 0.6) is 5.88 Å². The Labute approximate surface area is 154 Å². The molecule has 0 aromatic carbocycles. The Hall–Kier alpha value is -3.03. The maximum Gasteiger partial charge on any atom is 0.242 e. The highest BCUT2D eigenvalue weighted by Gasteiger charge is 2.27. The van der Waals surface area contributed by atoms with Gasteiger partial charge in [0.15, 0.2) is 5.65 Å². The van der Waals surface area contributed by atoms with Gasteiger partial charge in [-0.1, -0.05) is 0 Å². The van der Waals surface area contributed by atoms with E-state index in [2.05, 4.69) is 30.7 Å². The van der Waals surface area contributed by atoms with Crippen molar-refractivity contribution in [2.24, 2.45) is 0 Å². The van der Waals surface area contributed by atoms with Gasteiger partial charge >= 0.3 is 0 Å². The number of ether oxygens (including phenoxy) is 1. The molecule has 27 heavy (non-hydrogen) atoms. The van der Waals surface area contributed by atoms with Crippen LogP contribution in [0.2, 0.25) is 0 Å². The van der Waals surface area contributed by atoms with E-state index in [1.54, 1.807) is 10.7 Å². The van der Waals surface area contributed by atoms with Gasteiger partial charge in [0.2, 0.25) is 5.88 Å². The summed E-state index contributed by atoms with van der Waals surface area (Å²) in [5.74, 6) is 1.35. The van der Waals surface area contributed by atoms with E-state index in [0.717, 1.165) is 28.1 Å². The number of hydrogen-bond donors (Lipinski definition) is 0. The standard InChI is InChI=1S/C19H19FN6O/c1-11(20)9-27-19-17-15(5-6-25(17)23-10-22-19)13-7-16-18(21-8-13)24-12(2)26(16)14-3-4-14/h5-8,10-11,14H,3-4,9H2,1-2H3.